The van der Waals surface area contributed by atoms with Crippen LogP contribution in [0.5, 0.6) is 0 Å². The van der Waals surface area contributed by atoms with Crippen molar-refractivity contribution >= 4 is 23.5 Å². The van der Waals surface area contributed by atoms with Gasteiger partial charge in [0.05, 0.1) is 10.6 Å². The number of carbonyl (C=O) groups is 1. The molecule has 0 aliphatic carbocycles. The van der Waals surface area contributed by atoms with Gasteiger partial charge in [-0.3, -0.25) is 9.80 Å². The fraction of sp³-hybridized carbons (Fsp3) is 0.528. The number of alkyl carbamates (subject to hydrolysis) is 1. The van der Waals surface area contributed by atoms with Gasteiger partial charge in [-0.25, -0.2) is 14.8 Å². The highest BCUT2D eigenvalue weighted by atomic mass is 35.5. The monoisotopic (exact) mass is 645 g/mol. The van der Waals surface area contributed by atoms with Crippen LogP contribution in [0.3, 0.4) is 0 Å². The lowest BCUT2D eigenvalue weighted by molar-refractivity contribution is 0.0494. The molecule has 0 bridgehead atoms. The number of halogens is 1. The van der Waals surface area contributed by atoms with Crippen LogP contribution in [0.25, 0.3) is 11.4 Å². The number of rotatable bonds is 7. The number of likely N-dealkylation sites (tertiary alicyclic amines) is 1. The van der Waals surface area contributed by atoms with Crippen molar-refractivity contribution in [3.63, 3.8) is 0 Å². The molecule has 10 heteroatoms. The topological polar surface area (TPSA) is 89.6 Å². The van der Waals surface area contributed by atoms with Crippen LogP contribution in [0.1, 0.15) is 71.9 Å². The molecular formula is C36H48ClN7O2. The van der Waals surface area contributed by atoms with Crippen LogP contribution in [-0.4, -0.2) is 86.8 Å². The van der Waals surface area contributed by atoms with Crippen molar-refractivity contribution < 1.29 is 9.53 Å². The number of imidazole rings is 1. The number of ether oxygens (including phenoxy) is 1. The van der Waals surface area contributed by atoms with E-state index < -0.39 is 17.2 Å². The summed E-state index contributed by atoms with van der Waals surface area (Å²) in [6.45, 7) is 17.6. The number of pyridine rings is 1. The highest BCUT2D eigenvalue weighted by molar-refractivity contribution is 6.33. The first-order valence-corrected chi connectivity index (χ1v) is 16.8. The number of aromatic nitrogens is 3. The number of aromatic amines is 1. The average molecular weight is 646 g/mol. The number of anilines is 1. The predicted molar refractivity (Wildman–Crippen MR) is 185 cm³/mol. The Labute approximate surface area is 279 Å². The second kappa shape index (κ2) is 14.5. The van der Waals surface area contributed by atoms with Gasteiger partial charge in [0.25, 0.3) is 0 Å². The molecule has 0 unspecified atom stereocenters. The molecule has 1 aromatic carbocycles. The Hall–Kier alpha value is -3.58. The van der Waals surface area contributed by atoms with Gasteiger partial charge in [0.1, 0.15) is 17.2 Å². The Balaban J connectivity index is 1.10. The Morgan fingerprint density at radius 3 is 2.46 bits per heavy atom. The maximum absolute atomic E-state index is 12.2. The van der Waals surface area contributed by atoms with E-state index in [0.29, 0.717) is 17.1 Å². The molecular weight excluding hydrogens is 598 g/mol. The second-order valence-electron chi connectivity index (χ2n) is 13.9. The third kappa shape index (κ3) is 9.03. The second-order valence-corrected chi connectivity index (χ2v) is 14.3. The summed E-state index contributed by atoms with van der Waals surface area (Å²) < 4.78 is 5.37. The molecule has 0 spiro atoms. The molecule has 5 rings (SSSR count). The Bertz CT molecular complexity index is 1510. The van der Waals surface area contributed by atoms with E-state index in [4.69, 9.17) is 21.3 Å². The zero-order valence-electron chi connectivity index (χ0n) is 28.1. The normalized spacial score (nSPS) is 18.6. The number of nitrogens with one attached hydrogen (secondary N) is 2. The zero-order chi connectivity index (χ0) is 32.9. The maximum atomic E-state index is 12.2. The van der Waals surface area contributed by atoms with Crippen LogP contribution >= 0.6 is 11.6 Å². The Morgan fingerprint density at radius 2 is 1.83 bits per heavy atom. The summed E-state index contributed by atoms with van der Waals surface area (Å²) in [4.78, 5) is 32.0. The molecule has 3 aromatic rings. The van der Waals surface area contributed by atoms with Crippen LogP contribution in [0.15, 0.2) is 48.9 Å². The summed E-state index contributed by atoms with van der Waals surface area (Å²) >= 11 is 6.72. The van der Waals surface area contributed by atoms with Crippen LogP contribution < -0.4 is 10.2 Å². The van der Waals surface area contributed by atoms with Crippen molar-refractivity contribution in [1.82, 2.24) is 30.1 Å². The summed E-state index contributed by atoms with van der Waals surface area (Å²) in [6.07, 6.45) is 8.39. The molecule has 0 radical (unpaired) electrons. The van der Waals surface area contributed by atoms with Gasteiger partial charge in [0.2, 0.25) is 0 Å². The van der Waals surface area contributed by atoms with Crippen molar-refractivity contribution in [2.24, 2.45) is 0 Å². The molecule has 0 saturated carbocycles. The minimum Gasteiger partial charge on any atom is -0.444 e. The lowest BCUT2D eigenvalue weighted by atomic mass is 9.97. The number of nitrogens with zero attached hydrogens (tertiary/aromatic N) is 5. The zero-order valence-corrected chi connectivity index (χ0v) is 28.8. The molecule has 2 aliphatic heterocycles. The number of benzene rings is 1. The van der Waals surface area contributed by atoms with Gasteiger partial charge in [0, 0.05) is 68.0 Å². The third-order valence-corrected chi connectivity index (χ3v) is 8.89. The van der Waals surface area contributed by atoms with Crippen molar-refractivity contribution in [2.75, 3.05) is 37.6 Å². The standard InChI is InChI=1S/C36H48ClN7O2/c1-7-29-25-43(33-31(37)22-28(23-40-33)32-38-16-17-39-32)20-21-44(29)30-13-18-42(19-14-30)24-27-10-8-26(9-11-27)12-15-36(5,6)41-34(45)46-35(2,3)4/h8-11,16-17,22-23,29-30H,7,13-14,18-21,24-25H2,1-6H3,(H,38,39)(H,41,45)/t29-/m0/s1. The lowest BCUT2D eigenvalue weighted by Gasteiger charge is -2.47. The summed E-state index contributed by atoms with van der Waals surface area (Å²) in [7, 11) is 0. The first kappa shape index (κ1) is 33.8. The summed E-state index contributed by atoms with van der Waals surface area (Å²) in [5, 5.41) is 3.51. The minimum atomic E-state index is -0.703. The SMILES string of the molecule is CC[C@H]1CN(c2ncc(-c3ncc[nH]3)cc2Cl)CCN1C1CCN(Cc2ccc(C#CC(C)(C)NC(=O)OC(C)(C)C)cc2)CC1. The van der Waals surface area contributed by atoms with Gasteiger partial charge in [0.15, 0.2) is 0 Å². The molecule has 2 aliphatic rings. The van der Waals surface area contributed by atoms with Gasteiger partial charge in [-0.15, -0.1) is 0 Å². The molecule has 1 atom stereocenters. The van der Waals surface area contributed by atoms with E-state index in [1.807, 2.05) is 46.9 Å². The highest BCUT2D eigenvalue weighted by Crippen LogP contribution is 2.31. The number of carbonyl (C=O) groups excluding carboxylic acids is 1. The van der Waals surface area contributed by atoms with Crippen molar-refractivity contribution in [2.45, 2.75) is 90.6 Å². The molecule has 246 valence electrons. The number of hydrogen-bond acceptors (Lipinski definition) is 7. The molecule has 2 fully saturated rings. The summed E-state index contributed by atoms with van der Waals surface area (Å²) in [6, 6.07) is 11.5. The van der Waals surface area contributed by atoms with E-state index in [-0.39, 0.29) is 0 Å². The first-order chi connectivity index (χ1) is 21.9. The van der Waals surface area contributed by atoms with Crippen molar-refractivity contribution in [3.8, 4) is 23.2 Å². The first-order valence-electron chi connectivity index (χ1n) is 16.4. The fourth-order valence-corrected chi connectivity index (χ4v) is 6.59. The largest absolute Gasteiger partial charge is 0.444 e. The number of hydrogen-bond donors (Lipinski definition) is 2. The highest BCUT2D eigenvalue weighted by Gasteiger charge is 2.34. The third-order valence-electron chi connectivity index (χ3n) is 8.61. The minimum absolute atomic E-state index is 0.465. The molecule has 46 heavy (non-hydrogen) atoms. The van der Waals surface area contributed by atoms with E-state index in [1.165, 1.54) is 18.4 Å². The molecule has 2 N–H and O–H groups in total. The van der Waals surface area contributed by atoms with E-state index in [1.54, 1.807) is 12.4 Å². The number of amides is 1. The van der Waals surface area contributed by atoms with E-state index in [2.05, 4.69) is 73.0 Å². The molecule has 9 nitrogen and oxygen atoms in total. The van der Waals surface area contributed by atoms with Crippen LogP contribution in [-0.2, 0) is 11.3 Å². The summed E-state index contributed by atoms with van der Waals surface area (Å²) in [5.74, 6) is 8.01. The van der Waals surface area contributed by atoms with Gasteiger partial charge in [-0.05, 0) is 90.7 Å². The van der Waals surface area contributed by atoms with Gasteiger partial charge >= 0.3 is 6.09 Å². The molecule has 2 aromatic heterocycles. The quantitative estimate of drug-likeness (QED) is 0.290. The summed E-state index contributed by atoms with van der Waals surface area (Å²) in [5.41, 5.74) is 1.86. The van der Waals surface area contributed by atoms with E-state index in [0.717, 1.165) is 68.5 Å². The van der Waals surface area contributed by atoms with Crippen LogP contribution in [0.2, 0.25) is 5.02 Å². The predicted octanol–water partition coefficient (Wildman–Crippen LogP) is 6.35. The van der Waals surface area contributed by atoms with Gasteiger partial charge in [-0.2, -0.15) is 0 Å². The van der Waals surface area contributed by atoms with Crippen LogP contribution in [0.4, 0.5) is 10.6 Å². The van der Waals surface area contributed by atoms with Crippen LogP contribution in [0, 0.1) is 11.8 Å². The fourth-order valence-electron chi connectivity index (χ4n) is 6.30. The smallest absolute Gasteiger partial charge is 0.408 e. The number of H-pyrrole nitrogens is 1. The van der Waals surface area contributed by atoms with Gasteiger partial charge in [-0.1, -0.05) is 42.5 Å². The molecule has 2 saturated heterocycles. The number of piperazine rings is 1. The van der Waals surface area contributed by atoms with Crippen molar-refractivity contribution in [1.29, 1.82) is 0 Å². The number of piperidine rings is 1. The maximum Gasteiger partial charge on any atom is 0.408 e. The Morgan fingerprint density at radius 1 is 1.09 bits per heavy atom. The van der Waals surface area contributed by atoms with Crippen molar-refractivity contribution in [3.05, 3.63) is 65.1 Å². The van der Waals surface area contributed by atoms with E-state index >= 15 is 0 Å². The molecule has 1 amide bonds. The van der Waals surface area contributed by atoms with E-state index in [9.17, 15) is 4.79 Å². The Kier molecular flexibility index (Phi) is 10.6. The lowest BCUT2D eigenvalue weighted by Crippen LogP contribution is -2.58. The van der Waals surface area contributed by atoms with Gasteiger partial charge < -0.3 is 19.9 Å². The molecule has 4 heterocycles. The average Bonchev–Trinajstić information content (AvgIpc) is 3.55.